The molecule has 1 saturated heterocycles. The third-order valence-electron chi connectivity index (χ3n) is 6.70. The summed E-state index contributed by atoms with van der Waals surface area (Å²) < 4.78 is 1.47. The molecule has 1 aromatic heterocycles. The van der Waals surface area contributed by atoms with Gasteiger partial charge in [0.1, 0.15) is 17.2 Å². The summed E-state index contributed by atoms with van der Waals surface area (Å²) >= 11 is 0. The Morgan fingerprint density at radius 2 is 2.06 bits per heavy atom. The monoisotopic (exact) mass is 448 g/mol. The number of aryl methyl sites for hydroxylation is 1. The lowest BCUT2D eigenvalue weighted by Gasteiger charge is -2.32. The molecule has 1 fully saturated rings. The Kier molecular flexibility index (Phi) is 5.70. The zero-order chi connectivity index (χ0) is 23.9. The van der Waals surface area contributed by atoms with Crippen molar-refractivity contribution < 1.29 is 14.4 Å². The topological polar surface area (TPSA) is 91.9 Å². The van der Waals surface area contributed by atoms with Gasteiger partial charge in [0.2, 0.25) is 5.91 Å². The summed E-state index contributed by atoms with van der Waals surface area (Å²) in [5.74, 6) is -0.672. The largest absolute Gasteiger partial charge is 0.328 e. The van der Waals surface area contributed by atoms with Crippen LogP contribution in [-0.4, -0.2) is 63.1 Å². The third-order valence-corrected chi connectivity index (χ3v) is 6.70. The normalized spacial score (nSPS) is 22.2. The van der Waals surface area contributed by atoms with Gasteiger partial charge in [-0.2, -0.15) is 5.10 Å². The van der Waals surface area contributed by atoms with Crippen LogP contribution in [0.3, 0.4) is 0 Å². The minimum Gasteiger partial charge on any atom is -0.328 e. The van der Waals surface area contributed by atoms with Gasteiger partial charge in [-0.15, -0.1) is 0 Å². The number of nitrogens with zero attached hydrogens (tertiary/aromatic N) is 5. The molecule has 0 radical (unpaired) electrons. The summed E-state index contributed by atoms with van der Waals surface area (Å²) in [5, 5.41) is 6.96. The number of fused-ring (bicyclic) bond motifs is 2. The molecule has 3 heterocycles. The Bertz CT molecular complexity index is 1150. The predicted molar refractivity (Wildman–Crippen MR) is 122 cm³/mol. The van der Waals surface area contributed by atoms with Crippen LogP contribution < -0.4 is 5.32 Å². The van der Waals surface area contributed by atoms with Crippen molar-refractivity contribution in [3.05, 3.63) is 59.2 Å². The van der Waals surface area contributed by atoms with Crippen molar-refractivity contribution in [1.29, 1.82) is 0 Å². The van der Waals surface area contributed by atoms with Gasteiger partial charge in [0.25, 0.3) is 11.8 Å². The van der Waals surface area contributed by atoms with Crippen LogP contribution >= 0.6 is 0 Å². The highest BCUT2D eigenvalue weighted by atomic mass is 16.2. The van der Waals surface area contributed by atoms with E-state index < -0.39 is 17.6 Å². The maximum absolute atomic E-state index is 13.8. The van der Waals surface area contributed by atoms with Crippen molar-refractivity contribution in [3.63, 3.8) is 0 Å². The van der Waals surface area contributed by atoms with Gasteiger partial charge in [0.05, 0.1) is 6.42 Å². The number of para-hydroxylation sites is 1. The zero-order valence-electron chi connectivity index (χ0n) is 19.3. The molecule has 9 nitrogen and oxygen atoms in total. The standard InChI is InChI=1S/C24H28N6O3/c1-15(2)12-19(28(4)21(31)18-10-11-26-29(18)5)22(32)30-14-24(13-20(30)25-3)16-8-6-7-9-17(16)27-23(24)33/h6-11,15,19-20H,12-14H2,1-2,4-5H3,(H,27,33)/t19-,20-,24-/m0/s1. The Morgan fingerprint density at radius 3 is 2.70 bits per heavy atom. The van der Waals surface area contributed by atoms with Crippen molar-refractivity contribution >= 4 is 23.4 Å². The summed E-state index contributed by atoms with van der Waals surface area (Å²) in [6.45, 7) is 11.8. The highest BCUT2D eigenvalue weighted by Crippen LogP contribution is 2.47. The first-order chi connectivity index (χ1) is 15.7. The molecule has 2 aliphatic rings. The molecule has 0 bridgehead atoms. The van der Waals surface area contributed by atoms with E-state index in [-0.39, 0.29) is 36.6 Å². The van der Waals surface area contributed by atoms with Gasteiger partial charge in [-0.05, 0) is 30.0 Å². The molecule has 9 heteroatoms. The van der Waals surface area contributed by atoms with Crippen molar-refractivity contribution in [1.82, 2.24) is 19.6 Å². The molecule has 3 atom stereocenters. The Labute approximate surface area is 193 Å². The molecule has 2 aromatic rings. The highest BCUT2D eigenvalue weighted by Gasteiger charge is 2.59. The lowest BCUT2D eigenvalue weighted by Crippen LogP contribution is -2.52. The van der Waals surface area contributed by atoms with Crippen LogP contribution in [0.2, 0.25) is 0 Å². The van der Waals surface area contributed by atoms with Crippen molar-refractivity contribution in [2.75, 3.05) is 18.9 Å². The molecule has 172 valence electrons. The third kappa shape index (κ3) is 3.65. The molecule has 33 heavy (non-hydrogen) atoms. The van der Waals surface area contributed by atoms with E-state index in [1.54, 1.807) is 20.2 Å². The minimum absolute atomic E-state index is 0.115. The van der Waals surface area contributed by atoms with E-state index >= 15 is 0 Å². The average molecular weight is 449 g/mol. The predicted octanol–water partition coefficient (Wildman–Crippen LogP) is 2.27. The van der Waals surface area contributed by atoms with Gasteiger partial charge in [0.15, 0.2) is 0 Å². The lowest BCUT2D eigenvalue weighted by molar-refractivity contribution is -0.136. The van der Waals surface area contributed by atoms with Crippen molar-refractivity contribution in [2.45, 2.75) is 44.3 Å². The second-order valence-corrected chi connectivity index (χ2v) is 9.26. The maximum Gasteiger partial charge on any atom is 0.302 e. The number of nitrogens with one attached hydrogen (secondary N) is 1. The van der Waals surface area contributed by atoms with Crippen LogP contribution in [-0.2, 0) is 22.1 Å². The van der Waals surface area contributed by atoms with Gasteiger partial charge in [-0.3, -0.25) is 28.8 Å². The van der Waals surface area contributed by atoms with Crippen molar-refractivity contribution in [2.24, 2.45) is 13.0 Å². The summed E-state index contributed by atoms with van der Waals surface area (Å²) in [7, 11) is 3.28. The molecule has 2 aliphatic heterocycles. The molecule has 1 aromatic carbocycles. The number of anilines is 1. The van der Waals surface area contributed by atoms with E-state index in [0.717, 1.165) is 11.3 Å². The second kappa shape index (κ2) is 8.35. The van der Waals surface area contributed by atoms with Gasteiger partial charge >= 0.3 is 6.17 Å². The number of likely N-dealkylation sites (tertiary alicyclic amines) is 1. The lowest BCUT2D eigenvalue weighted by atomic mass is 9.80. The SMILES string of the molecule is [C-]#[N+][C@@H]1C[C@@]2(CN1C(=O)[C@H](CC(C)C)N(C)C(=O)c1ccnn1C)C(=O)Nc1ccccc12. The van der Waals surface area contributed by atoms with Crippen molar-refractivity contribution in [3.8, 4) is 0 Å². The maximum atomic E-state index is 13.8. The number of carbonyl (C=O) groups is 3. The quantitative estimate of drug-likeness (QED) is 0.711. The van der Waals surface area contributed by atoms with E-state index in [0.29, 0.717) is 12.1 Å². The molecule has 0 saturated carbocycles. The number of hydrogen-bond acceptors (Lipinski definition) is 4. The number of carbonyl (C=O) groups excluding carboxylic acids is 3. The van der Waals surface area contributed by atoms with Crippen LogP contribution in [0.5, 0.6) is 0 Å². The van der Waals surface area contributed by atoms with Crippen LogP contribution in [0.15, 0.2) is 36.5 Å². The second-order valence-electron chi connectivity index (χ2n) is 9.26. The van der Waals surface area contributed by atoms with Gasteiger partial charge in [-0.25, -0.2) is 6.57 Å². The number of likely N-dealkylation sites (N-methyl/N-ethyl adjacent to an activating group) is 1. The molecule has 1 spiro atoms. The van der Waals surface area contributed by atoms with E-state index in [1.165, 1.54) is 20.7 Å². The van der Waals surface area contributed by atoms with Crippen LogP contribution in [0.25, 0.3) is 4.85 Å². The minimum atomic E-state index is -0.950. The molecule has 4 rings (SSSR count). The van der Waals surface area contributed by atoms with Crippen LogP contribution in [0.1, 0.15) is 42.7 Å². The van der Waals surface area contributed by atoms with Crippen LogP contribution in [0.4, 0.5) is 5.69 Å². The Balaban J connectivity index is 1.66. The number of rotatable bonds is 5. The first-order valence-electron chi connectivity index (χ1n) is 11.0. The Hall–Kier alpha value is -3.67. The van der Waals surface area contributed by atoms with Gasteiger partial charge in [0, 0.05) is 32.5 Å². The first kappa shape index (κ1) is 22.5. The van der Waals surface area contributed by atoms with E-state index in [1.807, 2.05) is 38.1 Å². The fourth-order valence-electron chi connectivity index (χ4n) is 4.92. The summed E-state index contributed by atoms with van der Waals surface area (Å²) in [6.07, 6.45) is 1.44. The molecule has 0 unspecified atom stereocenters. The number of aromatic nitrogens is 2. The van der Waals surface area contributed by atoms with Crippen LogP contribution in [0, 0.1) is 12.5 Å². The summed E-state index contributed by atoms with van der Waals surface area (Å²) in [6, 6.07) is 8.28. The summed E-state index contributed by atoms with van der Waals surface area (Å²) in [4.78, 5) is 46.7. The van der Waals surface area contributed by atoms with Gasteiger partial charge < -0.3 is 10.2 Å². The van der Waals surface area contributed by atoms with E-state index in [4.69, 9.17) is 6.57 Å². The molecule has 0 aliphatic carbocycles. The molecular formula is C24H28N6O3. The first-order valence-corrected chi connectivity index (χ1v) is 11.0. The van der Waals surface area contributed by atoms with Gasteiger partial charge in [-0.1, -0.05) is 32.0 Å². The average Bonchev–Trinajstić information content (AvgIpc) is 3.47. The Morgan fingerprint density at radius 1 is 1.33 bits per heavy atom. The number of hydrogen-bond donors (Lipinski definition) is 1. The zero-order valence-corrected chi connectivity index (χ0v) is 19.3. The molecular weight excluding hydrogens is 420 g/mol. The number of amides is 3. The number of benzene rings is 1. The van der Waals surface area contributed by atoms with E-state index in [2.05, 4.69) is 15.3 Å². The molecule has 3 amide bonds. The molecule has 1 N–H and O–H groups in total. The highest BCUT2D eigenvalue weighted by molar-refractivity contribution is 6.07. The fourth-order valence-corrected chi connectivity index (χ4v) is 4.92. The summed E-state index contributed by atoms with van der Waals surface area (Å²) in [5.41, 5.74) is 0.971. The van der Waals surface area contributed by atoms with E-state index in [9.17, 15) is 14.4 Å². The smallest absolute Gasteiger partial charge is 0.302 e. The fraction of sp³-hybridized carbons (Fsp3) is 0.458.